The van der Waals surface area contributed by atoms with Crippen LogP contribution in [0, 0.1) is 5.92 Å². The summed E-state index contributed by atoms with van der Waals surface area (Å²) < 4.78 is 2.33. The van der Waals surface area contributed by atoms with E-state index in [4.69, 9.17) is 0 Å². The molecule has 1 aliphatic carbocycles. The molecule has 0 amide bonds. The van der Waals surface area contributed by atoms with E-state index in [-0.39, 0.29) is 0 Å². The van der Waals surface area contributed by atoms with Crippen molar-refractivity contribution in [3.8, 4) is 0 Å². The summed E-state index contributed by atoms with van der Waals surface area (Å²) in [6.45, 7) is 4.61. The van der Waals surface area contributed by atoms with Crippen LogP contribution in [0.4, 0.5) is 0 Å². The van der Waals surface area contributed by atoms with Crippen LogP contribution in [0.25, 0.3) is 0 Å². The lowest BCUT2D eigenvalue weighted by molar-refractivity contribution is 0.395. The Morgan fingerprint density at radius 1 is 1.39 bits per heavy atom. The van der Waals surface area contributed by atoms with E-state index in [0.717, 1.165) is 25.0 Å². The molecule has 0 unspecified atom stereocenters. The van der Waals surface area contributed by atoms with E-state index in [1.165, 1.54) is 44.3 Å². The summed E-state index contributed by atoms with van der Waals surface area (Å²) in [6, 6.07) is 0.764. The molecule has 0 spiro atoms. The van der Waals surface area contributed by atoms with Gasteiger partial charge in [0.25, 0.3) is 0 Å². The Kier molecular flexibility index (Phi) is 3.69. The first-order chi connectivity index (χ1) is 8.86. The fourth-order valence-electron chi connectivity index (χ4n) is 3.64. The van der Waals surface area contributed by atoms with Gasteiger partial charge < -0.3 is 9.88 Å². The van der Waals surface area contributed by atoms with Gasteiger partial charge in [0.1, 0.15) is 5.82 Å². The average Bonchev–Trinajstić information content (AvgIpc) is 3.05. The van der Waals surface area contributed by atoms with Gasteiger partial charge >= 0.3 is 0 Å². The smallest absolute Gasteiger partial charge is 0.113 e. The third kappa shape index (κ3) is 2.46. The first-order valence-electron chi connectivity index (χ1n) is 7.61. The van der Waals surface area contributed by atoms with Gasteiger partial charge in [-0.05, 0) is 38.0 Å². The van der Waals surface area contributed by atoms with Crippen molar-refractivity contribution in [3.63, 3.8) is 0 Å². The van der Waals surface area contributed by atoms with Gasteiger partial charge in [0, 0.05) is 37.4 Å². The molecule has 1 aliphatic heterocycles. The molecule has 0 radical (unpaired) electrons. The van der Waals surface area contributed by atoms with Gasteiger partial charge in [0.2, 0.25) is 0 Å². The quantitative estimate of drug-likeness (QED) is 0.886. The van der Waals surface area contributed by atoms with Crippen LogP contribution in [-0.4, -0.2) is 22.1 Å². The zero-order valence-electron chi connectivity index (χ0n) is 11.4. The molecule has 1 saturated carbocycles. The van der Waals surface area contributed by atoms with Crippen molar-refractivity contribution in [2.24, 2.45) is 5.92 Å². The van der Waals surface area contributed by atoms with Gasteiger partial charge in [0.15, 0.2) is 0 Å². The predicted octanol–water partition coefficient (Wildman–Crippen LogP) is 2.93. The van der Waals surface area contributed by atoms with Crippen molar-refractivity contribution in [1.29, 1.82) is 0 Å². The van der Waals surface area contributed by atoms with Gasteiger partial charge in [-0.15, -0.1) is 0 Å². The van der Waals surface area contributed by atoms with Crippen LogP contribution >= 0.6 is 0 Å². The summed E-state index contributed by atoms with van der Waals surface area (Å²) in [7, 11) is 0. The molecule has 100 valence electrons. The van der Waals surface area contributed by atoms with Crippen molar-refractivity contribution in [2.75, 3.05) is 6.54 Å². The first-order valence-corrected chi connectivity index (χ1v) is 7.61. The molecule has 3 heteroatoms. The molecule has 1 fully saturated rings. The highest BCUT2D eigenvalue weighted by Gasteiger charge is 2.26. The zero-order chi connectivity index (χ0) is 12.4. The highest BCUT2D eigenvalue weighted by molar-refractivity contribution is 5.04. The van der Waals surface area contributed by atoms with E-state index in [1.807, 2.05) is 6.20 Å². The van der Waals surface area contributed by atoms with E-state index in [2.05, 4.69) is 28.0 Å². The lowest BCUT2D eigenvalue weighted by atomic mass is 9.98. The Balaban J connectivity index is 1.53. The van der Waals surface area contributed by atoms with Gasteiger partial charge in [-0.1, -0.05) is 13.3 Å². The summed E-state index contributed by atoms with van der Waals surface area (Å²) in [5.41, 5.74) is 0. The first kappa shape index (κ1) is 12.2. The minimum absolute atomic E-state index is 0.634. The average molecular weight is 247 g/mol. The number of aromatic nitrogens is 2. The zero-order valence-corrected chi connectivity index (χ0v) is 11.4. The number of fused-ring (bicyclic) bond motifs is 1. The number of aryl methyl sites for hydroxylation is 1. The molecule has 2 heterocycles. The second-order valence-corrected chi connectivity index (χ2v) is 6.01. The van der Waals surface area contributed by atoms with E-state index < -0.39 is 0 Å². The molecule has 0 saturated heterocycles. The maximum absolute atomic E-state index is 4.54. The molecule has 1 aromatic heterocycles. The van der Waals surface area contributed by atoms with Crippen molar-refractivity contribution in [2.45, 2.75) is 64.0 Å². The van der Waals surface area contributed by atoms with Crippen LogP contribution < -0.4 is 5.32 Å². The summed E-state index contributed by atoms with van der Waals surface area (Å²) in [4.78, 5) is 4.54. The summed E-state index contributed by atoms with van der Waals surface area (Å²) in [5, 5.41) is 3.79. The maximum Gasteiger partial charge on any atom is 0.113 e. The van der Waals surface area contributed by atoms with Gasteiger partial charge in [-0.2, -0.15) is 0 Å². The van der Waals surface area contributed by atoms with Crippen LogP contribution in [0.2, 0.25) is 0 Å². The lowest BCUT2D eigenvalue weighted by Gasteiger charge is -2.25. The Morgan fingerprint density at radius 2 is 2.33 bits per heavy atom. The van der Waals surface area contributed by atoms with Crippen LogP contribution in [0.1, 0.15) is 57.2 Å². The van der Waals surface area contributed by atoms with Crippen molar-refractivity contribution >= 4 is 0 Å². The van der Waals surface area contributed by atoms with E-state index in [9.17, 15) is 0 Å². The molecule has 0 bridgehead atoms. The number of hydrogen-bond acceptors (Lipinski definition) is 2. The van der Waals surface area contributed by atoms with Crippen LogP contribution in [-0.2, 0) is 6.54 Å². The molecule has 2 aliphatic rings. The monoisotopic (exact) mass is 247 g/mol. The van der Waals surface area contributed by atoms with E-state index in [0.29, 0.717) is 5.92 Å². The van der Waals surface area contributed by atoms with Gasteiger partial charge in [-0.25, -0.2) is 4.98 Å². The summed E-state index contributed by atoms with van der Waals surface area (Å²) in [5.74, 6) is 2.91. The van der Waals surface area contributed by atoms with Gasteiger partial charge in [0.05, 0.1) is 0 Å². The Labute approximate surface area is 110 Å². The van der Waals surface area contributed by atoms with E-state index >= 15 is 0 Å². The highest BCUT2D eigenvalue weighted by atomic mass is 15.1. The van der Waals surface area contributed by atoms with Crippen LogP contribution in [0.3, 0.4) is 0 Å². The lowest BCUT2D eigenvalue weighted by Crippen LogP contribution is -2.33. The molecule has 1 N–H and O–H groups in total. The Bertz CT molecular complexity index is 385. The summed E-state index contributed by atoms with van der Waals surface area (Å²) in [6.07, 6.45) is 12.2. The number of hydrogen-bond donors (Lipinski definition) is 1. The Morgan fingerprint density at radius 3 is 3.17 bits per heavy atom. The molecule has 3 nitrogen and oxygen atoms in total. The second-order valence-electron chi connectivity index (χ2n) is 6.01. The Hall–Kier alpha value is -0.830. The van der Waals surface area contributed by atoms with E-state index in [1.54, 1.807) is 0 Å². The third-order valence-corrected chi connectivity index (χ3v) is 4.84. The van der Waals surface area contributed by atoms with Crippen LogP contribution in [0.5, 0.6) is 0 Å². The minimum Gasteiger partial charge on any atom is -0.335 e. The highest BCUT2D eigenvalue weighted by Crippen LogP contribution is 2.29. The fourth-order valence-corrected chi connectivity index (χ4v) is 3.64. The molecule has 18 heavy (non-hydrogen) atoms. The number of nitrogens with one attached hydrogen (secondary N) is 1. The molecule has 1 aromatic rings. The molecular weight excluding hydrogens is 222 g/mol. The fraction of sp³-hybridized carbons (Fsp3) is 0.800. The maximum atomic E-state index is 4.54. The largest absolute Gasteiger partial charge is 0.335 e. The molecular formula is C15H25N3. The van der Waals surface area contributed by atoms with Crippen molar-refractivity contribution in [1.82, 2.24) is 14.9 Å². The summed E-state index contributed by atoms with van der Waals surface area (Å²) >= 11 is 0. The van der Waals surface area contributed by atoms with Crippen molar-refractivity contribution < 1.29 is 0 Å². The predicted molar refractivity (Wildman–Crippen MR) is 73.6 cm³/mol. The molecule has 3 rings (SSSR count). The molecule has 0 aromatic carbocycles. The molecule has 3 atom stereocenters. The topological polar surface area (TPSA) is 29.9 Å². The number of imidazole rings is 1. The third-order valence-electron chi connectivity index (χ3n) is 4.84. The minimum atomic E-state index is 0.634. The number of rotatable bonds is 4. The number of nitrogens with zero attached hydrogens (tertiary/aromatic N) is 2. The van der Waals surface area contributed by atoms with Gasteiger partial charge in [-0.3, -0.25) is 0 Å². The van der Waals surface area contributed by atoms with Crippen LogP contribution in [0.15, 0.2) is 12.4 Å². The standard InChI is InChI=1S/C15H25N3/c1-2-12-5-6-14(10-12)17-11-13-4-3-8-18-9-7-16-15(13)18/h7,9,12-14,17H,2-6,8,10-11H2,1H3/t12-,13+,14+/m1/s1. The SMILES string of the molecule is CC[C@@H]1CC[C@H](NC[C@@H]2CCCn3ccnc32)C1. The van der Waals surface area contributed by atoms with Crippen molar-refractivity contribution in [3.05, 3.63) is 18.2 Å². The normalized spacial score (nSPS) is 31.5. The second kappa shape index (κ2) is 5.43.